The van der Waals surface area contributed by atoms with E-state index in [-0.39, 0.29) is 0 Å². The Kier molecular flexibility index (Phi) is 3.42. The Balaban J connectivity index is 2.95. The minimum atomic E-state index is -1.65. The molecule has 0 heterocycles. The zero-order chi connectivity index (χ0) is 9.84. The lowest BCUT2D eigenvalue weighted by Gasteiger charge is -2.02. The van der Waals surface area contributed by atoms with Crippen LogP contribution in [0.3, 0.4) is 0 Å². The van der Waals surface area contributed by atoms with Crippen molar-refractivity contribution in [2.24, 2.45) is 0 Å². The van der Waals surface area contributed by atoms with Gasteiger partial charge in [-0.3, -0.25) is 4.79 Å². The van der Waals surface area contributed by atoms with E-state index in [0.717, 1.165) is 0 Å². The Labute approximate surface area is 83.8 Å². The van der Waals surface area contributed by atoms with Crippen LogP contribution in [0, 0.1) is 0 Å². The lowest BCUT2D eigenvalue weighted by atomic mass is 10.1. The van der Waals surface area contributed by atoms with E-state index >= 15 is 0 Å². The number of halogens is 2. The molecule has 2 nitrogen and oxygen atoms in total. The molecule has 0 bridgehead atoms. The highest BCUT2D eigenvalue weighted by Gasteiger charge is 2.15. The predicted molar refractivity (Wildman–Crippen MR) is 51.1 cm³/mol. The zero-order valence-corrected chi connectivity index (χ0v) is 8.55. The third-order valence-electron chi connectivity index (χ3n) is 1.55. The third-order valence-corrected chi connectivity index (χ3v) is 1.97. The number of ether oxygens (including phenoxy) is 1. The molecule has 0 N–H and O–H groups in total. The molecule has 1 rings (SSSR count). The van der Waals surface area contributed by atoms with Crippen LogP contribution in [0.5, 0.6) is 5.75 Å². The van der Waals surface area contributed by atoms with Crippen LogP contribution in [0.2, 0.25) is 0 Å². The van der Waals surface area contributed by atoms with Gasteiger partial charge in [0.2, 0.25) is 10.9 Å². The molecular formula is C9H8BrFO2. The first-order chi connectivity index (χ1) is 6.15. The van der Waals surface area contributed by atoms with E-state index in [0.29, 0.717) is 11.3 Å². The summed E-state index contributed by atoms with van der Waals surface area (Å²) in [4.78, 5) is 11.1. The van der Waals surface area contributed by atoms with Gasteiger partial charge in [0, 0.05) is 5.56 Å². The Morgan fingerprint density at radius 2 is 2.31 bits per heavy atom. The number of Topliss-reactive ketones (excluding diaryl/α,β-unsaturated/α-hetero) is 1. The maximum Gasteiger partial charge on any atom is 0.217 e. The number of methoxy groups -OCH3 is 1. The Morgan fingerprint density at radius 3 is 2.85 bits per heavy atom. The van der Waals surface area contributed by atoms with E-state index < -0.39 is 10.9 Å². The quantitative estimate of drug-likeness (QED) is 0.606. The summed E-state index contributed by atoms with van der Waals surface area (Å²) in [6.07, 6.45) is 0. The van der Waals surface area contributed by atoms with Gasteiger partial charge in [-0.2, -0.15) is 0 Å². The lowest BCUT2D eigenvalue weighted by molar-refractivity contribution is 0.0942. The van der Waals surface area contributed by atoms with Gasteiger partial charge in [0.05, 0.1) is 7.11 Å². The van der Waals surface area contributed by atoms with Crippen molar-refractivity contribution in [1.82, 2.24) is 0 Å². The van der Waals surface area contributed by atoms with Gasteiger partial charge in [0.1, 0.15) is 5.75 Å². The van der Waals surface area contributed by atoms with Crippen LogP contribution >= 0.6 is 15.9 Å². The van der Waals surface area contributed by atoms with Crippen molar-refractivity contribution < 1.29 is 13.9 Å². The monoisotopic (exact) mass is 246 g/mol. The molecule has 0 aliphatic heterocycles. The second-order valence-electron chi connectivity index (χ2n) is 2.40. The molecule has 0 aliphatic rings. The molecule has 0 saturated heterocycles. The molecule has 0 fully saturated rings. The summed E-state index contributed by atoms with van der Waals surface area (Å²) in [6.45, 7) is 0. The number of hydrogen-bond donors (Lipinski definition) is 0. The number of ketones is 1. The molecule has 1 atom stereocenters. The van der Waals surface area contributed by atoms with Gasteiger partial charge in [-0.25, -0.2) is 4.39 Å². The SMILES string of the molecule is COc1cccc(C(=O)C(F)Br)c1. The van der Waals surface area contributed by atoms with Crippen LogP contribution in [0.1, 0.15) is 10.4 Å². The van der Waals surface area contributed by atoms with Crippen molar-refractivity contribution in [3.8, 4) is 5.75 Å². The average molecular weight is 247 g/mol. The fraction of sp³-hybridized carbons (Fsp3) is 0.222. The highest BCUT2D eigenvalue weighted by atomic mass is 79.9. The molecule has 1 unspecified atom stereocenters. The molecular weight excluding hydrogens is 239 g/mol. The van der Waals surface area contributed by atoms with E-state index in [1.807, 2.05) is 0 Å². The van der Waals surface area contributed by atoms with Crippen LogP contribution < -0.4 is 4.74 Å². The molecule has 0 aromatic heterocycles. The Hall–Kier alpha value is -0.900. The molecule has 0 saturated carbocycles. The van der Waals surface area contributed by atoms with Gasteiger partial charge < -0.3 is 4.74 Å². The van der Waals surface area contributed by atoms with Gasteiger partial charge in [-0.1, -0.05) is 12.1 Å². The van der Waals surface area contributed by atoms with Crippen molar-refractivity contribution >= 4 is 21.7 Å². The van der Waals surface area contributed by atoms with Gasteiger partial charge in [-0.05, 0) is 28.1 Å². The molecule has 0 spiro atoms. The number of rotatable bonds is 3. The summed E-state index contributed by atoms with van der Waals surface area (Å²) in [5.74, 6) is -0.0575. The summed E-state index contributed by atoms with van der Waals surface area (Å²) in [6, 6.07) is 6.37. The number of alkyl halides is 2. The van der Waals surface area contributed by atoms with Crippen molar-refractivity contribution in [3.63, 3.8) is 0 Å². The molecule has 70 valence electrons. The highest BCUT2D eigenvalue weighted by molar-refractivity contribution is 9.09. The van der Waals surface area contributed by atoms with Crippen LogP contribution in [0.25, 0.3) is 0 Å². The lowest BCUT2D eigenvalue weighted by Crippen LogP contribution is -2.08. The largest absolute Gasteiger partial charge is 0.497 e. The molecule has 4 heteroatoms. The van der Waals surface area contributed by atoms with Gasteiger partial charge in [0.15, 0.2) is 0 Å². The average Bonchev–Trinajstić information content (AvgIpc) is 2.16. The normalized spacial score (nSPS) is 12.2. The van der Waals surface area contributed by atoms with Crippen molar-refractivity contribution in [2.75, 3.05) is 7.11 Å². The summed E-state index contributed by atoms with van der Waals surface area (Å²) in [7, 11) is 1.49. The second-order valence-corrected chi connectivity index (χ2v) is 3.20. The highest BCUT2D eigenvalue weighted by Crippen LogP contribution is 2.16. The number of carbonyl (C=O) groups is 1. The standard InChI is InChI=1S/C9H8BrFO2/c1-13-7-4-2-3-6(5-7)8(12)9(10)11/h2-5,9H,1H3. The molecule has 0 radical (unpaired) electrons. The minimum Gasteiger partial charge on any atom is -0.497 e. The smallest absolute Gasteiger partial charge is 0.217 e. The van der Waals surface area contributed by atoms with E-state index in [1.54, 1.807) is 18.2 Å². The van der Waals surface area contributed by atoms with Crippen LogP contribution in [0.4, 0.5) is 4.39 Å². The number of benzene rings is 1. The van der Waals surface area contributed by atoms with Crippen molar-refractivity contribution in [1.29, 1.82) is 0 Å². The Bertz CT molecular complexity index is 312. The minimum absolute atomic E-state index is 0.295. The van der Waals surface area contributed by atoms with E-state index in [4.69, 9.17) is 4.74 Å². The van der Waals surface area contributed by atoms with Crippen LogP contribution in [-0.4, -0.2) is 18.0 Å². The summed E-state index contributed by atoms with van der Waals surface area (Å²) >= 11 is 2.57. The number of hydrogen-bond acceptors (Lipinski definition) is 2. The maximum atomic E-state index is 12.5. The first kappa shape index (κ1) is 10.2. The summed E-state index contributed by atoms with van der Waals surface area (Å²) in [5, 5.41) is -1.65. The van der Waals surface area contributed by atoms with Crippen molar-refractivity contribution in [2.45, 2.75) is 5.08 Å². The van der Waals surface area contributed by atoms with Crippen LogP contribution in [0.15, 0.2) is 24.3 Å². The predicted octanol–water partition coefficient (Wildman–Crippen LogP) is 2.57. The molecule has 1 aromatic carbocycles. The van der Waals surface area contributed by atoms with E-state index in [9.17, 15) is 9.18 Å². The summed E-state index contributed by atoms with van der Waals surface area (Å²) < 4.78 is 17.4. The molecule has 1 aromatic rings. The Morgan fingerprint density at radius 1 is 1.62 bits per heavy atom. The fourth-order valence-electron chi connectivity index (χ4n) is 0.902. The third kappa shape index (κ3) is 2.52. The van der Waals surface area contributed by atoms with Crippen molar-refractivity contribution in [3.05, 3.63) is 29.8 Å². The first-order valence-corrected chi connectivity index (χ1v) is 4.53. The number of carbonyl (C=O) groups excluding carboxylic acids is 1. The fourth-order valence-corrected chi connectivity index (χ4v) is 1.17. The molecule has 13 heavy (non-hydrogen) atoms. The zero-order valence-electron chi connectivity index (χ0n) is 6.96. The van der Waals surface area contributed by atoms with E-state index in [2.05, 4.69) is 15.9 Å². The maximum absolute atomic E-state index is 12.5. The summed E-state index contributed by atoms with van der Waals surface area (Å²) in [5.41, 5.74) is 0.295. The first-order valence-electron chi connectivity index (χ1n) is 3.61. The van der Waals surface area contributed by atoms with E-state index in [1.165, 1.54) is 13.2 Å². The van der Waals surface area contributed by atoms with Crippen LogP contribution in [-0.2, 0) is 0 Å². The van der Waals surface area contributed by atoms with Gasteiger partial charge >= 0.3 is 0 Å². The second kappa shape index (κ2) is 4.37. The molecule has 0 amide bonds. The van der Waals surface area contributed by atoms with Gasteiger partial charge in [0.25, 0.3) is 0 Å². The topological polar surface area (TPSA) is 26.3 Å². The van der Waals surface area contributed by atoms with Gasteiger partial charge in [-0.15, -0.1) is 0 Å². The molecule has 0 aliphatic carbocycles.